The Kier molecular flexibility index (Phi) is 3.02. The van der Waals surface area contributed by atoms with E-state index in [0.29, 0.717) is 0 Å². The molecule has 3 rings (SSSR count). The Morgan fingerprint density at radius 1 is 1.00 bits per heavy atom. The lowest BCUT2D eigenvalue weighted by atomic mass is 10.2. The fraction of sp³-hybridized carbons (Fsp3) is 0. The van der Waals surface area contributed by atoms with Gasteiger partial charge in [-0.3, -0.25) is 0 Å². The Balaban J connectivity index is 0.000000144. The minimum absolute atomic E-state index is 0.949. The molecule has 1 N–H and O–H groups in total. The fourth-order valence-electron chi connectivity index (χ4n) is 1.14. The second kappa shape index (κ2) is 4.85. The van der Waals surface area contributed by atoms with Gasteiger partial charge < -0.3 is 4.98 Å². The smallest absolute Gasteiger partial charge is 0.0929 e. The first-order chi connectivity index (χ1) is 7.47. The van der Waals surface area contributed by atoms with Gasteiger partial charge in [-0.2, -0.15) is 10.2 Å². The lowest BCUT2D eigenvalue weighted by Crippen LogP contribution is -1.79. The van der Waals surface area contributed by atoms with Gasteiger partial charge in [-0.25, -0.2) is 4.98 Å². The molecule has 0 radical (unpaired) electrons. The topological polar surface area (TPSA) is 54.5 Å². The molecule has 0 aliphatic rings. The van der Waals surface area contributed by atoms with Crippen molar-refractivity contribution >= 4 is 10.9 Å². The SMILES string of the molecule is c1c[nH]cn1.c1ccc2nnccc2c1. The van der Waals surface area contributed by atoms with E-state index >= 15 is 0 Å². The Hall–Kier alpha value is -2.23. The van der Waals surface area contributed by atoms with Crippen LogP contribution in [0.15, 0.2) is 55.2 Å². The molecule has 3 aromatic rings. The van der Waals surface area contributed by atoms with E-state index in [-0.39, 0.29) is 0 Å². The maximum absolute atomic E-state index is 3.93. The third-order valence-corrected chi connectivity index (χ3v) is 1.83. The molecule has 0 bridgehead atoms. The van der Waals surface area contributed by atoms with Crippen molar-refractivity contribution in [1.82, 2.24) is 20.2 Å². The largest absolute Gasteiger partial charge is 0.351 e. The van der Waals surface area contributed by atoms with Crippen molar-refractivity contribution in [3.63, 3.8) is 0 Å². The first-order valence-electron chi connectivity index (χ1n) is 4.56. The van der Waals surface area contributed by atoms with Gasteiger partial charge in [0.05, 0.1) is 18.0 Å². The summed E-state index contributed by atoms with van der Waals surface area (Å²) in [6, 6.07) is 9.86. The molecule has 0 unspecified atom stereocenters. The number of aromatic amines is 1. The van der Waals surface area contributed by atoms with Gasteiger partial charge in [-0.15, -0.1) is 0 Å². The summed E-state index contributed by atoms with van der Waals surface area (Å²) in [5.74, 6) is 0. The van der Waals surface area contributed by atoms with Gasteiger partial charge in [-0.05, 0) is 12.1 Å². The molecule has 1 aromatic carbocycles. The molecular weight excluding hydrogens is 188 g/mol. The van der Waals surface area contributed by atoms with Crippen LogP contribution in [0, 0.1) is 0 Å². The van der Waals surface area contributed by atoms with Crippen LogP contribution in [-0.2, 0) is 0 Å². The van der Waals surface area contributed by atoms with E-state index in [1.807, 2.05) is 30.3 Å². The van der Waals surface area contributed by atoms with Crippen LogP contribution in [0.3, 0.4) is 0 Å². The second-order valence-electron chi connectivity index (χ2n) is 2.85. The third kappa shape index (κ3) is 2.60. The standard InChI is InChI=1S/C8H6N2.C3H4N2/c1-2-4-8-7(3-1)5-6-9-10-8;1-2-5-3-4-1/h1-6H;1-3H,(H,4,5). The predicted molar refractivity (Wildman–Crippen MR) is 58.1 cm³/mol. The molecule has 0 saturated heterocycles. The van der Waals surface area contributed by atoms with Crippen molar-refractivity contribution in [2.24, 2.45) is 0 Å². The molecule has 4 nitrogen and oxygen atoms in total. The highest BCUT2D eigenvalue weighted by Gasteiger charge is 1.87. The monoisotopic (exact) mass is 198 g/mol. The summed E-state index contributed by atoms with van der Waals surface area (Å²) in [4.78, 5) is 6.42. The zero-order valence-corrected chi connectivity index (χ0v) is 8.04. The molecule has 4 heteroatoms. The van der Waals surface area contributed by atoms with E-state index in [0.717, 1.165) is 10.9 Å². The van der Waals surface area contributed by atoms with Crippen molar-refractivity contribution in [1.29, 1.82) is 0 Å². The number of nitrogens with zero attached hydrogens (tertiary/aromatic N) is 3. The average molecular weight is 198 g/mol. The van der Waals surface area contributed by atoms with Gasteiger partial charge in [0.1, 0.15) is 0 Å². The van der Waals surface area contributed by atoms with Crippen LogP contribution < -0.4 is 0 Å². The van der Waals surface area contributed by atoms with Crippen LogP contribution in [0.5, 0.6) is 0 Å². The van der Waals surface area contributed by atoms with Crippen molar-refractivity contribution in [3.8, 4) is 0 Å². The molecule has 2 aromatic heterocycles. The van der Waals surface area contributed by atoms with Gasteiger partial charge in [-0.1, -0.05) is 18.2 Å². The highest BCUT2D eigenvalue weighted by atomic mass is 15.1. The predicted octanol–water partition coefficient (Wildman–Crippen LogP) is 2.04. The maximum atomic E-state index is 3.93. The number of hydrogen-bond acceptors (Lipinski definition) is 3. The Bertz CT molecular complexity index is 422. The first kappa shape index (κ1) is 9.33. The van der Waals surface area contributed by atoms with Crippen molar-refractivity contribution in [2.75, 3.05) is 0 Å². The van der Waals surface area contributed by atoms with E-state index in [2.05, 4.69) is 20.2 Å². The van der Waals surface area contributed by atoms with Gasteiger partial charge in [0, 0.05) is 17.8 Å². The molecule has 74 valence electrons. The van der Waals surface area contributed by atoms with Crippen LogP contribution in [0.2, 0.25) is 0 Å². The summed E-state index contributed by atoms with van der Waals surface area (Å²) in [6.07, 6.45) is 6.78. The highest BCUT2D eigenvalue weighted by Crippen LogP contribution is 2.06. The van der Waals surface area contributed by atoms with Gasteiger partial charge in [0.25, 0.3) is 0 Å². The fourth-order valence-corrected chi connectivity index (χ4v) is 1.14. The normalized spacial score (nSPS) is 9.33. The Morgan fingerprint density at radius 3 is 2.60 bits per heavy atom. The van der Waals surface area contributed by atoms with Crippen molar-refractivity contribution in [2.45, 2.75) is 0 Å². The molecule has 2 heterocycles. The number of H-pyrrole nitrogens is 1. The average Bonchev–Trinajstić information content (AvgIpc) is 2.88. The van der Waals surface area contributed by atoms with E-state index < -0.39 is 0 Å². The number of imidazole rings is 1. The summed E-state index contributed by atoms with van der Waals surface area (Å²) in [6.45, 7) is 0. The van der Waals surface area contributed by atoms with Crippen molar-refractivity contribution in [3.05, 3.63) is 55.2 Å². The molecule has 0 spiro atoms. The zero-order valence-electron chi connectivity index (χ0n) is 8.04. The number of hydrogen-bond donors (Lipinski definition) is 1. The Morgan fingerprint density at radius 2 is 1.93 bits per heavy atom. The van der Waals surface area contributed by atoms with Gasteiger partial charge in [0.2, 0.25) is 0 Å². The number of fused-ring (bicyclic) bond motifs is 1. The highest BCUT2D eigenvalue weighted by molar-refractivity contribution is 5.77. The van der Waals surface area contributed by atoms with Gasteiger partial charge >= 0.3 is 0 Å². The number of rotatable bonds is 0. The molecule has 0 fully saturated rings. The Labute approximate surface area is 87.0 Å². The van der Waals surface area contributed by atoms with Crippen molar-refractivity contribution < 1.29 is 0 Å². The zero-order chi connectivity index (χ0) is 10.3. The van der Waals surface area contributed by atoms with Gasteiger partial charge in [0.15, 0.2) is 0 Å². The molecule has 15 heavy (non-hydrogen) atoms. The third-order valence-electron chi connectivity index (χ3n) is 1.83. The van der Waals surface area contributed by atoms with Crippen LogP contribution in [0.1, 0.15) is 0 Å². The van der Waals surface area contributed by atoms with Crippen LogP contribution in [0.4, 0.5) is 0 Å². The lowest BCUT2D eigenvalue weighted by molar-refractivity contribution is 1.08. The van der Waals surface area contributed by atoms with E-state index in [9.17, 15) is 0 Å². The van der Waals surface area contributed by atoms with Crippen LogP contribution >= 0.6 is 0 Å². The van der Waals surface area contributed by atoms with Crippen LogP contribution in [-0.4, -0.2) is 20.2 Å². The number of aromatic nitrogens is 4. The van der Waals surface area contributed by atoms with E-state index in [1.54, 1.807) is 24.9 Å². The first-order valence-corrected chi connectivity index (χ1v) is 4.56. The summed E-state index contributed by atoms with van der Waals surface area (Å²) >= 11 is 0. The summed E-state index contributed by atoms with van der Waals surface area (Å²) in [7, 11) is 0. The summed E-state index contributed by atoms with van der Waals surface area (Å²) in [5, 5.41) is 8.83. The second-order valence-corrected chi connectivity index (χ2v) is 2.85. The minimum atomic E-state index is 0.949. The summed E-state index contributed by atoms with van der Waals surface area (Å²) in [5.41, 5.74) is 0.949. The van der Waals surface area contributed by atoms with E-state index in [1.165, 1.54) is 0 Å². The van der Waals surface area contributed by atoms with Crippen LogP contribution in [0.25, 0.3) is 10.9 Å². The molecule has 0 saturated carbocycles. The molecule has 0 aliphatic heterocycles. The van der Waals surface area contributed by atoms with E-state index in [4.69, 9.17) is 0 Å². The number of benzene rings is 1. The lowest BCUT2D eigenvalue weighted by Gasteiger charge is -1.90. The maximum Gasteiger partial charge on any atom is 0.0929 e. The number of nitrogens with one attached hydrogen (secondary N) is 1. The molecule has 0 atom stereocenters. The molecule has 0 aliphatic carbocycles. The molecular formula is C11H10N4. The molecule has 0 amide bonds. The quantitative estimate of drug-likeness (QED) is 0.601. The minimum Gasteiger partial charge on any atom is -0.351 e. The summed E-state index contributed by atoms with van der Waals surface area (Å²) < 4.78 is 0.